The summed E-state index contributed by atoms with van der Waals surface area (Å²) in [7, 11) is 2.13. The first-order chi connectivity index (χ1) is 19.1. The Morgan fingerprint density at radius 2 is 1.95 bits per heavy atom. The number of aliphatic hydroxyl groups is 1. The Morgan fingerprint density at radius 1 is 1.18 bits per heavy atom. The number of ether oxygens (including phenoxy) is 1. The van der Waals surface area contributed by atoms with Gasteiger partial charge in [0.1, 0.15) is 23.4 Å². The van der Waals surface area contributed by atoms with Crippen LogP contribution in [0, 0.1) is 5.41 Å². The summed E-state index contributed by atoms with van der Waals surface area (Å²) in [4.78, 5) is 18.6. The lowest BCUT2D eigenvalue weighted by Gasteiger charge is -2.32. The molecule has 0 spiro atoms. The highest BCUT2D eigenvalue weighted by atomic mass is 16.5. The molecule has 1 saturated heterocycles. The number of rotatable bonds is 6. The van der Waals surface area contributed by atoms with Gasteiger partial charge in [-0.3, -0.25) is 9.30 Å². The first kappa shape index (κ1) is 27.6. The molecule has 0 unspecified atom stereocenters. The number of carbonyl (C=O) groups is 1. The molecule has 1 aliphatic heterocycles. The average Bonchev–Trinajstić information content (AvgIpc) is 3.52. The molecule has 2 aliphatic rings. The van der Waals surface area contributed by atoms with Gasteiger partial charge in [-0.05, 0) is 62.5 Å². The van der Waals surface area contributed by atoms with Crippen molar-refractivity contribution in [3.63, 3.8) is 0 Å². The standard InChI is InChI=1S/C30H39N7O3/c1-30(2,3)25(38)16-26(31)33-29(39)32-17-19-11-13-24(22-9-6-5-8-21(19)22)40-20-12-14-27-34-35-28(37(27)18-20)23-10-7-15-36(23)4/h5-6,8-9,12,14,16,18-19,23-24,38H,7,10-11,13,15,17H2,1-4H3,(H3,31,32,33,39)/b25-16-/t19-,23+,24-/m1/s1. The maximum Gasteiger partial charge on any atom is 0.342 e. The molecule has 4 N–H and O–H groups in total. The summed E-state index contributed by atoms with van der Waals surface area (Å²) >= 11 is 0. The molecule has 10 nitrogen and oxygen atoms in total. The number of aromatic nitrogens is 3. The predicted octanol–water partition coefficient (Wildman–Crippen LogP) is 5.05. The van der Waals surface area contributed by atoms with Crippen molar-refractivity contribution in [1.82, 2.24) is 24.8 Å². The molecule has 212 valence electrons. The van der Waals surface area contributed by atoms with Gasteiger partial charge in [0.15, 0.2) is 11.5 Å². The van der Waals surface area contributed by atoms with Crippen LogP contribution in [0.15, 0.2) is 59.4 Å². The second kappa shape index (κ2) is 11.3. The zero-order valence-corrected chi connectivity index (χ0v) is 23.7. The molecule has 1 fully saturated rings. The third-order valence-corrected chi connectivity index (χ3v) is 7.84. The number of amidine groups is 1. The average molecular weight is 546 g/mol. The SMILES string of the molecule is CN1CCC[C@H]1c1nnc2ccc(O[C@@H]3CC[C@H](CNC(=O)/N=C(N)\C=C(/O)C(C)(C)C)c4ccccc43)cn12. The number of pyridine rings is 1. The van der Waals surface area contributed by atoms with E-state index >= 15 is 0 Å². The molecule has 5 rings (SSSR count). The fourth-order valence-corrected chi connectivity index (χ4v) is 5.52. The van der Waals surface area contributed by atoms with Gasteiger partial charge >= 0.3 is 6.03 Å². The number of hydrogen-bond donors (Lipinski definition) is 3. The van der Waals surface area contributed by atoms with Gasteiger partial charge in [0.25, 0.3) is 0 Å². The first-order valence-corrected chi connectivity index (χ1v) is 13.9. The second-order valence-electron chi connectivity index (χ2n) is 11.8. The molecule has 0 radical (unpaired) electrons. The van der Waals surface area contributed by atoms with Crippen LogP contribution in [0.25, 0.3) is 5.65 Å². The highest BCUT2D eigenvalue weighted by molar-refractivity contribution is 5.99. The first-order valence-electron chi connectivity index (χ1n) is 13.9. The molecule has 2 amide bonds. The van der Waals surface area contributed by atoms with Crippen LogP contribution < -0.4 is 15.8 Å². The lowest BCUT2D eigenvalue weighted by molar-refractivity contribution is 0.175. The Bertz CT molecular complexity index is 1440. The molecular formula is C30H39N7O3. The maximum atomic E-state index is 12.4. The minimum absolute atomic E-state index is 0.0322. The maximum absolute atomic E-state index is 12.4. The number of fused-ring (bicyclic) bond motifs is 2. The van der Waals surface area contributed by atoms with E-state index in [0.29, 0.717) is 6.54 Å². The highest BCUT2D eigenvalue weighted by Crippen LogP contribution is 2.40. The molecule has 3 atom stereocenters. The van der Waals surface area contributed by atoms with Crippen LogP contribution in [0.4, 0.5) is 4.79 Å². The fraction of sp³-hybridized carbons (Fsp3) is 0.467. The molecule has 2 aromatic heterocycles. The van der Waals surface area contributed by atoms with Crippen LogP contribution in [-0.2, 0) is 0 Å². The largest absolute Gasteiger partial charge is 0.512 e. The third-order valence-electron chi connectivity index (χ3n) is 7.84. The monoisotopic (exact) mass is 545 g/mol. The van der Waals surface area contributed by atoms with Gasteiger partial charge in [-0.25, -0.2) is 4.79 Å². The Labute approximate surface area is 234 Å². The van der Waals surface area contributed by atoms with Crippen LogP contribution >= 0.6 is 0 Å². The van der Waals surface area contributed by atoms with Gasteiger partial charge in [0.05, 0.1) is 12.2 Å². The van der Waals surface area contributed by atoms with Crippen LogP contribution in [-0.4, -0.2) is 56.6 Å². The number of nitrogens with two attached hydrogens (primary N) is 1. The van der Waals surface area contributed by atoms with Gasteiger partial charge < -0.3 is 20.9 Å². The lowest BCUT2D eigenvalue weighted by Crippen LogP contribution is -2.30. The quantitative estimate of drug-likeness (QED) is 0.224. The minimum Gasteiger partial charge on any atom is -0.512 e. The van der Waals surface area contributed by atoms with E-state index in [2.05, 4.69) is 49.0 Å². The normalized spacial score (nSPS) is 22.4. The molecule has 3 heterocycles. The lowest BCUT2D eigenvalue weighted by atomic mass is 9.81. The van der Waals surface area contributed by atoms with Crippen LogP contribution in [0.2, 0.25) is 0 Å². The number of urea groups is 1. The Hall–Kier alpha value is -3.92. The predicted molar refractivity (Wildman–Crippen MR) is 155 cm³/mol. The summed E-state index contributed by atoms with van der Waals surface area (Å²) in [5.41, 5.74) is 8.46. The molecule has 10 heteroatoms. The van der Waals surface area contributed by atoms with Gasteiger partial charge in [0.2, 0.25) is 0 Å². The number of allylic oxidation sites excluding steroid dienone is 1. The fourth-order valence-electron chi connectivity index (χ4n) is 5.52. The van der Waals surface area contributed by atoms with Gasteiger partial charge in [-0.15, -0.1) is 10.2 Å². The van der Waals surface area contributed by atoms with E-state index in [9.17, 15) is 9.90 Å². The Morgan fingerprint density at radius 3 is 2.67 bits per heavy atom. The smallest absolute Gasteiger partial charge is 0.342 e. The van der Waals surface area contributed by atoms with Crippen LogP contribution in [0.5, 0.6) is 5.75 Å². The Kier molecular flexibility index (Phi) is 7.80. The van der Waals surface area contributed by atoms with Crippen molar-refractivity contribution >= 4 is 17.5 Å². The third kappa shape index (κ3) is 5.96. The van der Waals surface area contributed by atoms with E-state index in [1.54, 1.807) is 0 Å². The van der Waals surface area contributed by atoms with Crippen molar-refractivity contribution in [3.05, 3.63) is 71.4 Å². The van der Waals surface area contributed by atoms with Crippen molar-refractivity contribution in [3.8, 4) is 5.75 Å². The molecule has 40 heavy (non-hydrogen) atoms. The molecule has 3 aromatic rings. The van der Waals surface area contributed by atoms with Crippen molar-refractivity contribution in [2.45, 2.75) is 64.5 Å². The molecule has 1 aromatic carbocycles. The van der Waals surface area contributed by atoms with Crippen LogP contribution in [0.3, 0.4) is 0 Å². The van der Waals surface area contributed by atoms with Gasteiger partial charge in [-0.1, -0.05) is 45.0 Å². The summed E-state index contributed by atoms with van der Waals surface area (Å²) in [6.07, 6.45) is 7.11. The molecule has 0 saturated carbocycles. The topological polar surface area (TPSA) is 130 Å². The number of nitrogens with one attached hydrogen (secondary N) is 1. The second-order valence-corrected chi connectivity index (χ2v) is 11.8. The minimum atomic E-state index is -0.530. The molecular weight excluding hydrogens is 506 g/mol. The van der Waals surface area contributed by atoms with Gasteiger partial charge in [-0.2, -0.15) is 4.99 Å². The van der Waals surface area contributed by atoms with Gasteiger partial charge in [0, 0.05) is 24.0 Å². The van der Waals surface area contributed by atoms with E-state index in [0.717, 1.165) is 60.6 Å². The number of benzene rings is 1. The number of likely N-dealkylation sites (tertiary alicyclic amines) is 1. The highest BCUT2D eigenvalue weighted by Gasteiger charge is 2.30. The summed E-state index contributed by atoms with van der Waals surface area (Å²) in [5, 5.41) is 21.8. The molecule has 1 aliphatic carbocycles. The number of aliphatic hydroxyl groups excluding tert-OH is 1. The van der Waals surface area contributed by atoms with Crippen molar-refractivity contribution in [2.75, 3.05) is 20.1 Å². The summed E-state index contributed by atoms with van der Waals surface area (Å²) in [5.74, 6) is 1.89. The Balaban J connectivity index is 1.28. The number of aliphatic imine (C=N–C) groups is 1. The summed E-state index contributed by atoms with van der Waals surface area (Å²) < 4.78 is 8.60. The number of hydrogen-bond acceptors (Lipinski definition) is 6. The van der Waals surface area contributed by atoms with E-state index in [4.69, 9.17) is 10.5 Å². The summed E-state index contributed by atoms with van der Waals surface area (Å²) in [6.45, 7) is 7.04. The van der Waals surface area contributed by atoms with Crippen molar-refractivity contribution < 1.29 is 14.6 Å². The zero-order chi connectivity index (χ0) is 28.4. The van der Waals surface area contributed by atoms with E-state index in [-0.39, 0.29) is 29.7 Å². The van der Waals surface area contributed by atoms with E-state index in [1.165, 1.54) is 6.08 Å². The molecule has 0 bridgehead atoms. The van der Waals surface area contributed by atoms with Crippen molar-refractivity contribution in [2.24, 2.45) is 16.1 Å². The van der Waals surface area contributed by atoms with E-state index in [1.807, 2.05) is 51.2 Å². The number of nitrogens with zero attached hydrogens (tertiary/aromatic N) is 5. The number of amides is 2. The number of carbonyl (C=O) groups excluding carboxylic acids is 1. The van der Waals surface area contributed by atoms with Crippen LogP contribution in [0.1, 0.15) is 81.5 Å². The van der Waals surface area contributed by atoms with E-state index < -0.39 is 11.4 Å². The zero-order valence-electron chi connectivity index (χ0n) is 23.7. The van der Waals surface area contributed by atoms with Crippen molar-refractivity contribution in [1.29, 1.82) is 0 Å². The summed E-state index contributed by atoms with van der Waals surface area (Å²) in [6, 6.07) is 11.9.